The summed E-state index contributed by atoms with van der Waals surface area (Å²) in [7, 11) is 0. The lowest BCUT2D eigenvalue weighted by Gasteiger charge is -2.09. The van der Waals surface area contributed by atoms with Gasteiger partial charge >= 0.3 is 0 Å². The number of nitrogen functional groups attached to an aromatic ring is 1. The second-order valence-electron chi connectivity index (χ2n) is 6.38. The Morgan fingerprint density at radius 1 is 0.889 bits per heavy atom. The van der Waals surface area contributed by atoms with E-state index in [4.69, 9.17) is 5.73 Å². The molecule has 2 aromatic carbocycles. The van der Waals surface area contributed by atoms with Gasteiger partial charge in [-0.1, -0.05) is 24.1 Å². The molecule has 0 fully saturated rings. The van der Waals surface area contributed by atoms with E-state index < -0.39 is 11.6 Å². The van der Waals surface area contributed by atoms with Crippen LogP contribution in [-0.4, -0.2) is 11.8 Å². The van der Waals surface area contributed by atoms with Gasteiger partial charge in [0.05, 0.1) is 11.4 Å². The molecule has 0 heterocycles. The van der Waals surface area contributed by atoms with Crippen LogP contribution in [0.25, 0.3) is 0 Å². The second-order valence-corrected chi connectivity index (χ2v) is 6.38. The van der Waals surface area contributed by atoms with Crippen LogP contribution in [0, 0.1) is 18.6 Å². The highest BCUT2D eigenvalue weighted by Gasteiger charge is 2.10. The van der Waals surface area contributed by atoms with Crippen LogP contribution in [0.3, 0.4) is 0 Å². The average molecular weight is 375 g/mol. The molecule has 144 valence electrons. The Labute approximate surface area is 157 Å². The predicted molar refractivity (Wildman–Crippen MR) is 102 cm³/mol. The van der Waals surface area contributed by atoms with Gasteiger partial charge in [-0.2, -0.15) is 0 Å². The number of hydrogen-bond donors (Lipinski definition) is 3. The fraction of sp³-hybridized carbons (Fsp3) is 0.300. The van der Waals surface area contributed by atoms with E-state index in [1.165, 1.54) is 0 Å². The first-order valence-electron chi connectivity index (χ1n) is 8.76. The zero-order valence-electron chi connectivity index (χ0n) is 15.1. The van der Waals surface area contributed by atoms with Gasteiger partial charge in [0.1, 0.15) is 0 Å². The Balaban J connectivity index is 1.65. The fourth-order valence-corrected chi connectivity index (χ4v) is 2.49. The highest BCUT2D eigenvalue weighted by molar-refractivity contribution is 5.93. The van der Waals surface area contributed by atoms with Crippen LogP contribution in [0.5, 0.6) is 0 Å². The van der Waals surface area contributed by atoms with E-state index in [2.05, 4.69) is 10.6 Å². The number of amides is 2. The van der Waals surface area contributed by atoms with Crippen molar-refractivity contribution in [3.8, 4) is 0 Å². The maximum absolute atomic E-state index is 13.2. The number of halogens is 2. The lowest BCUT2D eigenvalue weighted by atomic mass is 10.1. The van der Waals surface area contributed by atoms with Crippen LogP contribution in [0.2, 0.25) is 0 Å². The highest BCUT2D eigenvalue weighted by Crippen LogP contribution is 2.22. The third-order valence-corrected chi connectivity index (χ3v) is 4.01. The van der Waals surface area contributed by atoms with Crippen molar-refractivity contribution < 1.29 is 18.4 Å². The molecule has 7 heteroatoms. The molecular formula is C20H23F2N3O2. The zero-order valence-corrected chi connectivity index (χ0v) is 15.1. The molecule has 4 N–H and O–H groups in total. The maximum atomic E-state index is 13.2. The van der Waals surface area contributed by atoms with Crippen LogP contribution in [0.15, 0.2) is 36.4 Å². The molecule has 2 amide bonds. The summed E-state index contributed by atoms with van der Waals surface area (Å²) in [6.07, 6.45) is 2.50. The lowest BCUT2D eigenvalue weighted by Crippen LogP contribution is -2.13. The second kappa shape index (κ2) is 9.66. The van der Waals surface area contributed by atoms with Crippen molar-refractivity contribution in [2.24, 2.45) is 0 Å². The summed E-state index contributed by atoms with van der Waals surface area (Å²) < 4.78 is 26.2. The molecule has 0 radical (unpaired) electrons. The Morgan fingerprint density at radius 3 is 2.07 bits per heavy atom. The molecule has 0 spiro atoms. The van der Waals surface area contributed by atoms with Crippen LogP contribution in [-0.2, 0) is 9.59 Å². The van der Waals surface area contributed by atoms with E-state index in [-0.39, 0.29) is 29.6 Å². The number of benzene rings is 2. The SMILES string of the molecule is Cc1ccc(NC(=O)CCCCCC(=O)Nc2cc(F)c(F)cc2N)cc1. The third-order valence-electron chi connectivity index (χ3n) is 4.01. The largest absolute Gasteiger partial charge is 0.397 e. The average Bonchev–Trinajstić information content (AvgIpc) is 2.61. The van der Waals surface area contributed by atoms with Gasteiger partial charge in [-0.3, -0.25) is 9.59 Å². The molecule has 0 bridgehead atoms. The lowest BCUT2D eigenvalue weighted by molar-refractivity contribution is -0.116. The number of rotatable bonds is 8. The van der Waals surface area contributed by atoms with Crippen LogP contribution in [0.4, 0.5) is 25.8 Å². The molecule has 27 heavy (non-hydrogen) atoms. The Bertz CT molecular complexity index is 808. The summed E-state index contributed by atoms with van der Waals surface area (Å²) in [4.78, 5) is 23.7. The van der Waals surface area contributed by atoms with Gasteiger partial charge in [-0.05, 0) is 31.9 Å². The first kappa shape index (κ1) is 20.4. The van der Waals surface area contributed by atoms with E-state index in [1.54, 1.807) is 0 Å². The number of carbonyl (C=O) groups excluding carboxylic acids is 2. The van der Waals surface area contributed by atoms with Gasteiger partial charge in [0, 0.05) is 30.7 Å². The van der Waals surface area contributed by atoms with Crippen LogP contribution >= 0.6 is 0 Å². The summed E-state index contributed by atoms with van der Waals surface area (Å²) in [5, 5.41) is 5.28. The van der Waals surface area contributed by atoms with Crippen molar-refractivity contribution in [2.75, 3.05) is 16.4 Å². The summed E-state index contributed by atoms with van der Waals surface area (Å²) in [6, 6.07) is 9.24. The molecule has 0 atom stereocenters. The van der Waals surface area contributed by atoms with Gasteiger partial charge in [-0.25, -0.2) is 8.78 Å². The van der Waals surface area contributed by atoms with E-state index in [0.29, 0.717) is 25.7 Å². The molecule has 0 aliphatic heterocycles. The maximum Gasteiger partial charge on any atom is 0.224 e. The number of carbonyl (C=O) groups is 2. The Hall–Kier alpha value is -2.96. The predicted octanol–water partition coefficient (Wildman–Crippen LogP) is 4.38. The Morgan fingerprint density at radius 2 is 1.44 bits per heavy atom. The van der Waals surface area contributed by atoms with E-state index >= 15 is 0 Å². The first-order chi connectivity index (χ1) is 12.8. The molecule has 2 aromatic rings. The molecule has 0 aliphatic carbocycles. The van der Waals surface area contributed by atoms with Crippen LogP contribution < -0.4 is 16.4 Å². The van der Waals surface area contributed by atoms with Crippen molar-refractivity contribution >= 4 is 28.9 Å². The topological polar surface area (TPSA) is 84.2 Å². The van der Waals surface area contributed by atoms with Gasteiger partial charge in [0.25, 0.3) is 0 Å². The highest BCUT2D eigenvalue weighted by atomic mass is 19.2. The van der Waals surface area contributed by atoms with Gasteiger partial charge in [0.15, 0.2) is 11.6 Å². The summed E-state index contributed by atoms with van der Waals surface area (Å²) >= 11 is 0. The van der Waals surface area contributed by atoms with E-state index in [0.717, 1.165) is 23.4 Å². The third kappa shape index (κ3) is 6.69. The summed E-state index contributed by atoms with van der Waals surface area (Å²) in [6.45, 7) is 1.97. The number of nitrogens with two attached hydrogens (primary N) is 1. The van der Waals surface area contributed by atoms with E-state index in [1.807, 2.05) is 31.2 Å². The number of hydrogen-bond acceptors (Lipinski definition) is 3. The molecule has 0 unspecified atom stereocenters. The monoisotopic (exact) mass is 375 g/mol. The minimum Gasteiger partial charge on any atom is -0.397 e. The molecule has 0 aromatic heterocycles. The molecule has 2 rings (SSSR count). The van der Waals surface area contributed by atoms with Crippen LogP contribution in [0.1, 0.15) is 37.7 Å². The molecule has 0 aliphatic rings. The standard InChI is InChI=1S/C20H23F2N3O2/c1-13-7-9-14(10-8-13)24-19(26)5-3-2-4-6-20(27)25-18-12-16(22)15(21)11-17(18)23/h7-12H,2-6,23H2,1H3,(H,24,26)(H,25,27). The van der Waals surface area contributed by atoms with Crippen molar-refractivity contribution in [1.82, 2.24) is 0 Å². The molecular weight excluding hydrogens is 352 g/mol. The summed E-state index contributed by atoms with van der Waals surface area (Å²) in [5.41, 5.74) is 7.45. The minimum absolute atomic E-state index is 0.0324. The van der Waals surface area contributed by atoms with Gasteiger partial charge in [0.2, 0.25) is 11.8 Å². The van der Waals surface area contributed by atoms with Crippen molar-refractivity contribution in [2.45, 2.75) is 39.0 Å². The first-order valence-corrected chi connectivity index (χ1v) is 8.76. The number of aryl methyl sites for hydroxylation is 1. The van der Waals surface area contributed by atoms with Crippen molar-refractivity contribution in [1.29, 1.82) is 0 Å². The quantitative estimate of drug-likeness (QED) is 0.473. The zero-order chi connectivity index (χ0) is 19.8. The fourth-order valence-electron chi connectivity index (χ4n) is 2.49. The molecule has 5 nitrogen and oxygen atoms in total. The van der Waals surface area contributed by atoms with Gasteiger partial charge < -0.3 is 16.4 Å². The number of nitrogens with one attached hydrogen (secondary N) is 2. The van der Waals surface area contributed by atoms with Crippen molar-refractivity contribution in [3.63, 3.8) is 0 Å². The van der Waals surface area contributed by atoms with Gasteiger partial charge in [-0.15, -0.1) is 0 Å². The van der Waals surface area contributed by atoms with E-state index in [9.17, 15) is 18.4 Å². The summed E-state index contributed by atoms with van der Waals surface area (Å²) in [5.74, 6) is -2.54. The molecule has 0 saturated carbocycles. The number of anilines is 3. The molecule has 0 saturated heterocycles. The Kier molecular flexibility index (Phi) is 7.28. The smallest absolute Gasteiger partial charge is 0.224 e. The number of unbranched alkanes of at least 4 members (excludes halogenated alkanes) is 2. The normalized spacial score (nSPS) is 10.5. The van der Waals surface area contributed by atoms with Crippen molar-refractivity contribution in [3.05, 3.63) is 53.6 Å². The minimum atomic E-state index is -1.07.